The molecule has 1 unspecified atom stereocenters. The Morgan fingerprint density at radius 1 is 0.642 bits per heavy atom. The van der Waals surface area contributed by atoms with E-state index in [2.05, 4.69) is 76.6 Å². The van der Waals surface area contributed by atoms with Gasteiger partial charge in [0.15, 0.2) is 5.71 Å². The maximum atomic E-state index is 13.6. The predicted octanol–water partition coefficient (Wildman–Crippen LogP) is 6.30. The maximum Gasteiger partial charge on any atom is 0.407 e. The number of anilines is 1. The van der Waals surface area contributed by atoms with Gasteiger partial charge in [0.2, 0.25) is 11.6 Å². The average Bonchev–Trinajstić information content (AvgIpc) is 4.03. The van der Waals surface area contributed by atoms with Gasteiger partial charge < -0.3 is 54.6 Å². The van der Waals surface area contributed by atoms with Crippen molar-refractivity contribution >= 4 is 61.3 Å². The molecule has 0 fully saturated rings. The summed E-state index contributed by atoms with van der Waals surface area (Å²) in [7, 11) is -5.08. The number of rotatable bonds is 38. The Kier molecular flexibility index (Phi) is 28.7. The number of carbonyl (C=O) groups is 4. The van der Waals surface area contributed by atoms with Gasteiger partial charge in [-0.1, -0.05) is 62.4 Å². The standard InChI is InChI=1S/C57H84N6O16S2/c1-56(2)45-21-12-13-23-48(45)62(31-16-18-41-80(68,69)70)50(56)24-10-8-7-9-11-25-51-57(3,4)46-43-44(26-27-49(46)63(51)32-17-19-42-81(71,72)73)52(64)58-29-20-30-59-53(65)47(61-55(67)79-40-38-77-36-34-75-6)22-14-15-28-60-54(66)78-39-37-76-35-33-74-5/h7-13,21,23-27,43,47H,14-20,22,28-42H2,1-6H3,(H5-,58,59,60,61,64,65,66,67,68,69,70,71,72,73)/p+1. The summed E-state index contributed by atoms with van der Waals surface area (Å²) < 4.78 is 97.4. The first-order valence-electron chi connectivity index (χ1n) is 27.4. The van der Waals surface area contributed by atoms with Gasteiger partial charge in [-0.25, -0.2) is 9.59 Å². The highest BCUT2D eigenvalue weighted by molar-refractivity contribution is 7.86. The minimum Gasteiger partial charge on any atom is -0.447 e. The minimum atomic E-state index is -4.14. The Morgan fingerprint density at radius 3 is 1.93 bits per heavy atom. The van der Waals surface area contributed by atoms with Gasteiger partial charge in [-0.05, 0) is 88.6 Å². The van der Waals surface area contributed by atoms with E-state index >= 15 is 0 Å². The second-order valence-electron chi connectivity index (χ2n) is 20.4. The SMILES string of the molecule is COCCOCCOC(=O)NCCCCC(NC(=O)OCCOCCOC)C(=O)NCCCNC(=O)c1ccc2c(c1)C(C)(C)/C(=C/C=C/C=C/C=C/C1=[N+](CCCCS(=O)(=O)O)c3ccccc3C1(C)C)N2CCCCS(=O)(=O)O. The van der Waals surface area contributed by atoms with Crippen LogP contribution >= 0.6 is 0 Å². The van der Waals surface area contributed by atoms with Crippen LogP contribution in [-0.2, 0) is 64.3 Å². The van der Waals surface area contributed by atoms with Crippen LogP contribution in [0.25, 0.3) is 0 Å². The van der Waals surface area contributed by atoms with Gasteiger partial charge in [0.25, 0.3) is 26.1 Å². The van der Waals surface area contributed by atoms with Crippen molar-refractivity contribution in [2.24, 2.45) is 0 Å². The first-order valence-corrected chi connectivity index (χ1v) is 30.6. The van der Waals surface area contributed by atoms with E-state index in [-0.39, 0.29) is 81.7 Å². The van der Waals surface area contributed by atoms with Crippen molar-refractivity contribution in [1.29, 1.82) is 0 Å². The number of hydrogen-bond donors (Lipinski definition) is 6. The zero-order chi connectivity index (χ0) is 59.3. The second kappa shape index (κ2) is 34.5. The highest BCUT2D eigenvalue weighted by atomic mass is 32.2. The molecule has 81 heavy (non-hydrogen) atoms. The van der Waals surface area contributed by atoms with Crippen LogP contribution in [-0.4, -0.2) is 178 Å². The fourth-order valence-electron chi connectivity index (χ4n) is 9.30. The molecule has 0 aliphatic carbocycles. The Balaban J connectivity index is 1.37. The van der Waals surface area contributed by atoms with Crippen molar-refractivity contribution < 1.29 is 78.1 Å². The van der Waals surface area contributed by atoms with Gasteiger partial charge >= 0.3 is 12.2 Å². The van der Waals surface area contributed by atoms with Gasteiger partial charge in [0.1, 0.15) is 25.8 Å². The summed E-state index contributed by atoms with van der Waals surface area (Å²) >= 11 is 0. The first kappa shape index (κ1) is 67.5. The molecule has 4 amide bonds. The Labute approximate surface area is 478 Å². The minimum absolute atomic E-state index is 0.0354. The number of allylic oxidation sites excluding steroid dienone is 8. The molecule has 22 nitrogen and oxygen atoms in total. The molecule has 450 valence electrons. The number of benzene rings is 2. The smallest absolute Gasteiger partial charge is 0.407 e. The maximum absolute atomic E-state index is 13.6. The van der Waals surface area contributed by atoms with Crippen LogP contribution < -0.4 is 26.2 Å². The van der Waals surface area contributed by atoms with Gasteiger partial charge in [0, 0.05) is 86.9 Å². The molecule has 0 saturated heterocycles. The monoisotopic (exact) mass is 1170 g/mol. The molecule has 2 aromatic rings. The summed E-state index contributed by atoms with van der Waals surface area (Å²) in [6.07, 6.45) is 15.5. The number of methoxy groups -OCH3 is 2. The quantitative estimate of drug-likeness (QED) is 0.0186. The highest BCUT2D eigenvalue weighted by Gasteiger charge is 2.44. The van der Waals surface area contributed by atoms with E-state index in [9.17, 15) is 45.1 Å². The highest BCUT2D eigenvalue weighted by Crippen LogP contribution is 2.48. The number of amides is 4. The number of nitrogens with one attached hydrogen (secondary N) is 4. The van der Waals surface area contributed by atoms with Crippen LogP contribution in [0.2, 0.25) is 0 Å². The molecule has 2 heterocycles. The zero-order valence-corrected chi connectivity index (χ0v) is 49.4. The predicted molar refractivity (Wildman–Crippen MR) is 310 cm³/mol. The first-order chi connectivity index (χ1) is 38.6. The lowest BCUT2D eigenvalue weighted by Crippen LogP contribution is -2.47. The number of hydrogen-bond acceptors (Lipinski definition) is 15. The summed E-state index contributed by atoms with van der Waals surface area (Å²) in [5, 5.41) is 11.0. The van der Waals surface area contributed by atoms with Gasteiger partial charge in [0.05, 0.1) is 56.6 Å². The molecule has 4 rings (SSSR count). The molecule has 2 aliphatic rings. The van der Waals surface area contributed by atoms with Crippen LogP contribution in [0.15, 0.2) is 90.7 Å². The summed E-state index contributed by atoms with van der Waals surface area (Å²) in [6.45, 7) is 12.1. The van der Waals surface area contributed by atoms with Crippen molar-refractivity contribution in [3.63, 3.8) is 0 Å². The topological polar surface area (TPSA) is 287 Å². The third-order valence-corrected chi connectivity index (χ3v) is 15.1. The van der Waals surface area contributed by atoms with E-state index in [0.29, 0.717) is 83.6 Å². The molecule has 24 heteroatoms. The number of unbranched alkanes of at least 4 members (excludes halogenated alkanes) is 3. The van der Waals surface area contributed by atoms with Crippen molar-refractivity contribution in [3.8, 4) is 0 Å². The molecule has 2 aliphatic heterocycles. The average molecular weight is 1170 g/mol. The van der Waals surface area contributed by atoms with Crippen molar-refractivity contribution in [1.82, 2.24) is 21.3 Å². The molecule has 2 aromatic carbocycles. The third-order valence-electron chi connectivity index (χ3n) is 13.5. The number of ether oxygens (including phenoxy) is 6. The fourth-order valence-corrected chi connectivity index (χ4v) is 10.4. The van der Waals surface area contributed by atoms with E-state index in [0.717, 1.165) is 33.9 Å². The van der Waals surface area contributed by atoms with Gasteiger partial charge in [-0.15, -0.1) is 0 Å². The Morgan fingerprint density at radius 2 is 1.25 bits per heavy atom. The zero-order valence-electron chi connectivity index (χ0n) is 47.7. The summed E-state index contributed by atoms with van der Waals surface area (Å²) in [5.41, 5.74) is 5.48. The van der Waals surface area contributed by atoms with Crippen LogP contribution in [0.5, 0.6) is 0 Å². The normalized spacial score (nSPS) is 15.6. The molecule has 0 bridgehead atoms. The van der Waals surface area contributed by atoms with E-state index in [1.807, 2.05) is 60.7 Å². The molecule has 6 N–H and O–H groups in total. The van der Waals surface area contributed by atoms with Crippen LogP contribution in [0.1, 0.15) is 101 Å². The number of nitrogens with zero attached hydrogens (tertiary/aromatic N) is 2. The van der Waals surface area contributed by atoms with Gasteiger partial charge in [-0.3, -0.25) is 18.7 Å². The molecule has 0 spiro atoms. The van der Waals surface area contributed by atoms with Crippen LogP contribution in [0.4, 0.5) is 21.0 Å². The number of para-hydroxylation sites is 1. The van der Waals surface area contributed by atoms with Crippen LogP contribution in [0.3, 0.4) is 0 Å². The lowest BCUT2D eigenvalue weighted by atomic mass is 9.81. The van der Waals surface area contributed by atoms with Crippen molar-refractivity contribution in [2.75, 3.05) is 116 Å². The molecular formula is C57H85N6O16S2+. The largest absolute Gasteiger partial charge is 0.447 e. The van der Waals surface area contributed by atoms with E-state index in [4.69, 9.17) is 28.4 Å². The number of alkyl carbamates (subject to hydrolysis) is 2. The Bertz CT molecular complexity index is 2760. The number of fused-ring (bicyclic) bond motifs is 2. The second-order valence-corrected chi connectivity index (χ2v) is 23.5. The Hall–Kier alpha value is -5.99. The van der Waals surface area contributed by atoms with Crippen molar-refractivity contribution in [2.45, 2.75) is 95.9 Å². The third kappa shape index (κ3) is 23.4. The van der Waals surface area contributed by atoms with E-state index in [1.165, 1.54) is 0 Å². The molecule has 0 saturated carbocycles. The van der Waals surface area contributed by atoms with E-state index in [1.54, 1.807) is 20.3 Å². The van der Waals surface area contributed by atoms with E-state index < -0.39 is 49.8 Å². The number of carbonyl (C=O) groups excluding carboxylic acids is 4. The molecule has 0 radical (unpaired) electrons. The molecular weight excluding hydrogens is 1090 g/mol. The molecule has 1 atom stereocenters. The fraction of sp³-hybridized carbons (Fsp3) is 0.561. The lowest BCUT2D eigenvalue weighted by molar-refractivity contribution is -0.438. The summed E-state index contributed by atoms with van der Waals surface area (Å²) in [6, 6.07) is 12.7. The summed E-state index contributed by atoms with van der Waals surface area (Å²) in [4.78, 5) is 53.8. The summed E-state index contributed by atoms with van der Waals surface area (Å²) in [5.74, 6) is -1.42. The van der Waals surface area contributed by atoms with Crippen LogP contribution in [0, 0.1) is 0 Å². The lowest BCUT2D eigenvalue weighted by Gasteiger charge is -2.27. The van der Waals surface area contributed by atoms with Crippen molar-refractivity contribution in [3.05, 3.63) is 107 Å². The molecule has 0 aromatic heterocycles. The van der Waals surface area contributed by atoms with Gasteiger partial charge in [-0.2, -0.15) is 21.4 Å².